The van der Waals surface area contributed by atoms with Crippen molar-refractivity contribution in [3.8, 4) is 11.1 Å². The molecule has 2 heterocycles. The second-order valence-corrected chi connectivity index (χ2v) is 10.6. The van der Waals surface area contributed by atoms with Crippen molar-refractivity contribution in [2.24, 2.45) is 5.92 Å². The van der Waals surface area contributed by atoms with E-state index in [9.17, 15) is 14.4 Å². The average Bonchev–Trinajstić information content (AvgIpc) is 3.48. The number of carboxylic acid groups (broad SMARTS) is 1. The molecule has 35 heavy (non-hydrogen) atoms. The fourth-order valence-electron chi connectivity index (χ4n) is 6.63. The number of ether oxygens (including phenoxy) is 1. The normalized spacial score (nSPS) is 25.5. The molecule has 2 amide bonds. The Morgan fingerprint density at radius 1 is 0.943 bits per heavy atom. The summed E-state index contributed by atoms with van der Waals surface area (Å²) >= 11 is 0. The van der Waals surface area contributed by atoms with Gasteiger partial charge in [-0.05, 0) is 66.7 Å². The van der Waals surface area contributed by atoms with E-state index in [1.807, 2.05) is 29.2 Å². The van der Waals surface area contributed by atoms with Gasteiger partial charge < -0.3 is 20.1 Å². The number of nitrogens with zero attached hydrogens (tertiary/aromatic N) is 1. The Kier molecular flexibility index (Phi) is 5.31. The maximum atomic E-state index is 13.5. The molecule has 2 aromatic carbocycles. The maximum absolute atomic E-state index is 13.5. The molecule has 2 aliphatic heterocycles. The zero-order chi connectivity index (χ0) is 24.2. The van der Waals surface area contributed by atoms with Crippen molar-refractivity contribution in [2.75, 3.05) is 6.61 Å². The number of fused-ring (bicyclic) bond motifs is 5. The molecule has 4 aliphatic rings. The lowest BCUT2D eigenvalue weighted by Crippen LogP contribution is -2.56. The number of rotatable bonds is 6. The molecule has 6 rings (SSSR count). The van der Waals surface area contributed by atoms with Crippen LogP contribution in [0.5, 0.6) is 0 Å². The van der Waals surface area contributed by atoms with Gasteiger partial charge in [-0.2, -0.15) is 0 Å². The van der Waals surface area contributed by atoms with Gasteiger partial charge in [-0.25, -0.2) is 4.79 Å². The van der Waals surface area contributed by atoms with Gasteiger partial charge in [0, 0.05) is 24.4 Å². The number of aliphatic carboxylic acids is 1. The van der Waals surface area contributed by atoms with Crippen molar-refractivity contribution in [3.05, 3.63) is 59.7 Å². The highest BCUT2D eigenvalue weighted by Crippen LogP contribution is 2.46. The lowest BCUT2D eigenvalue weighted by molar-refractivity contribution is -0.141. The van der Waals surface area contributed by atoms with E-state index in [1.165, 1.54) is 11.1 Å². The van der Waals surface area contributed by atoms with E-state index in [0.717, 1.165) is 36.8 Å². The van der Waals surface area contributed by atoms with Crippen LogP contribution < -0.4 is 5.32 Å². The Morgan fingerprint density at radius 3 is 2.06 bits per heavy atom. The number of hydrogen-bond acceptors (Lipinski definition) is 4. The molecule has 7 heteroatoms. The molecule has 0 aromatic heterocycles. The first-order valence-electron chi connectivity index (χ1n) is 12.6. The van der Waals surface area contributed by atoms with Crippen molar-refractivity contribution >= 4 is 18.0 Å². The van der Waals surface area contributed by atoms with Crippen LogP contribution in [0, 0.1) is 5.92 Å². The Bertz CT molecular complexity index is 1130. The first-order chi connectivity index (χ1) is 16.9. The Labute approximate surface area is 204 Å². The Morgan fingerprint density at radius 2 is 1.51 bits per heavy atom. The lowest BCUT2D eigenvalue weighted by Gasteiger charge is -2.40. The second kappa shape index (κ2) is 8.40. The number of hydrogen-bond donors (Lipinski definition) is 2. The highest BCUT2D eigenvalue weighted by molar-refractivity contribution is 5.93. The fraction of sp³-hybridized carbons (Fsp3) is 0.464. The van der Waals surface area contributed by atoms with Gasteiger partial charge >= 0.3 is 12.1 Å². The number of nitrogens with one attached hydrogen (secondary N) is 1. The number of carbonyl (C=O) groups excluding carboxylic acids is 2. The standard InChI is InChI=1S/C28H30N2O5/c31-25(32)15-17-13-18-9-10-19(14-17)30(18)26(33)28(11-12-28)29-27(34)35-16-24-22-7-3-1-5-20(22)21-6-2-4-8-23(21)24/h1-8,17-19,24H,9-16H2,(H,29,34)(H,31,32). The summed E-state index contributed by atoms with van der Waals surface area (Å²) in [4.78, 5) is 39.5. The number of carboxylic acids is 1. The van der Waals surface area contributed by atoms with Gasteiger partial charge in [0.1, 0.15) is 12.1 Å². The molecule has 2 bridgehead atoms. The van der Waals surface area contributed by atoms with E-state index in [0.29, 0.717) is 12.8 Å². The molecule has 2 N–H and O–H groups in total. The predicted octanol–water partition coefficient (Wildman–Crippen LogP) is 4.30. The largest absolute Gasteiger partial charge is 0.481 e. The number of piperidine rings is 1. The zero-order valence-corrected chi connectivity index (χ0v) is 19.6. The fourth-order valence-corrected chi connectivity index (χ4v) is 6.63. The molecule has 7 nitrogen and oxygen atoms in total. The molecule has 0 spiro atoms. The van der Waals surface area contributed by atoms with Crippen molar-refractivity contribution in [1.82, 2.24) is 10.2 Å². The molecule has 2 aromatic rings. The van der Waals surface area contributed by atoms with Crippen LogP contribution in [0.3, 0.4) is 0 Å². The second-order valence-electron chi connectivity index (χ2n) is 10.6. The van der Waals surface area contributed by atoms with Crippen molar-refractivity contribution in [3.63, 3.8) is 0 Å². The van der Waals surface area contributed by atoms with E-state index < -0.39 is 17.6 Å². The van der Waals surface area contributed by atoms with E-state index in [4.69, 9.17) is 9.84 Å². The van der Waals surface area contributed by atoms with Crippen LogP contribution in [0.25, 0.3) is 11.1 Å². The number of amides is 2. The minimum absolute atomic E-state index is 0.0210. The van der Waals surface area contributed by atoms with Crippen LogP contribution in [0.4, 0.5) is 4.79 Å². The first-order valence-corrected chi connectivity index (χ1v) is 12.6. The quantitative estimate of drug-likeness (QED) is 0.651. The van der Waals surface area contributed by atoms with E-state index in [-0.39, 0.29) is 42.9 Å². The third kappa shape index (κ3) is 3.87. The number of carbonyl (C=O) groups is 3. The molecule has 1 saturated carbocycles. The summed E-state index contributed by atoms with van der Waals surface area (Å²) in [6.45, 7) is 0.218. The van der Waals surface area contributed by atoms with Gasteiger partial charge in [0.25, 0.3) is 0 Å². The highest BCUT2D eigenvalue weighted by atomic mass is 16.5. The number of alkyl carbamates (subject to hydrolysis) is 1. The summed E-state index contributed by atoms with van der Waals surface area (Å²) in [5.74, 6) is -0.695. The maximum Gasteiger partial charge on any atom is 0.408 e. The molecular weight excluding hydrogens is 444 g/mol. The third-order valence-corrected chi connectivity index (χ3v) is 8.37. The molecular formula is C28H30N2O5. The van der Waals surface area contributed by atoms with Gasteiger partial charge in [-0.15, -0.1) is 0 Å². The van der Waals surface area contributed by atoms with Crippen LogP contribution in [0.2, 0.25) is 0 Å². The van der Waals surface area contributed by atoms with Crippen LogP contribution >= 0.6 is 0 Å². The Balaban J connectivity index is 1.10. The van der Waals surface area contributed by atoms with Crippen molar-refractivity contribution in [1.29, 1.82) is 0 Å². The summed E-state index contributed by atoms with van der Waals surface area (Å²) in [5, 5.41) is 12.1. The smallest absolute Gasteiger partial charge is 0.408 e. The molecule has 2 atom stereocenters. The topological polar surface area (TPSA) is 95.9 Å². The third-order valence-electron chi connectivity index (χ3n) is 8.37. The molecule has 2 saturated heterocycles. The van der Waals surface area contributed by atoms with Crippen molar-refractivity contribution < 1.29 is 24.2 Å². The average molecular weight is 475 g/mol. The SMILES string of the molecule is O=C(O)CC1CC2CCC(C1)N2C(=O)C1(NC(=O)OCC2c3ccccc3-c3ccccc32)CC1. The van der Waals surface area contributed by atoms with Gasteiger partial charge in [0.05, 0.1) is 0 Å². The molecule has 2 unspecified atom stereocenters. The summed E-state index contributed by atoms with van der Waals surface area (Å²) in [5.41, 5.74) is 3.78. The van der Waals surface area contributed by atoms with E-state index >= 15 is 0 Å². The molecule has 3 fully saturated rings. The van der Waals surface area contributed by atoms with Crippen LogP contribution in [0.15, 0.2) is 48.5 Å². The first kappa shape index (κ1) is 22.1. The zero-order valence-electron chi connectivity index (χ0n) is 19.6. The number of benzene rings is 2. The highest BCUT2D eigenvalue weighted by Gasteiger charge is 2.57. The summed E-state index contributed by atoms with van der Waals surface area (Å²) < 4.78 is 5.70. The molecule has 2 aliphatic carbocycles. The van der Waals surface area contributed by atoms with Crippen molar-refractivity contribution in [2.45, 2.75) is 68.5 Å². The van der Waals surface area contributed by atoms with Gasteiger partial charge in [0.2, 0.25) is 5.91 Å². The lowest BCUT2D eigenvalue weighted by atomic mass is 9.87. The van der Waals surface area contributed by atoms with Gasteiger partial charge in [-0.3, -0.25) is 9.59 Å². The van der Waals surface area contributed by atoms with Gasteiger partial charge in [-0.1, -0.05) is 48.5 Å². The summed E-state index contributed by atoms with van der Waals surface area (Å²) in [7, 11) is 0. The summed E-state index contributed by atoms with van der Waals surface area (Å²) in [6, 6.07) is 16.6. The minimum atomic E-state index is -0.872. The molecule has 0 radical (unpaired) electrons. The monoisotopic (exact) mass is 474 g/mol. The Hall–Kier alpha value is -3.35. The molecule has 182 valence electrons. The van der Waals surface area contributed by atoms with Gasteiger partial charge in [0.15, 0.2) is 0 Å². The van der Waals surface area contributed by atoms with Crippen LogP contribution in [0.1, 0.15) is 62.0 Å². The van der Waals surface area contributed by atoms with Crippen LogP contribution in [-0.2, 0) is 14.3 Å². The van der Waals surface area contributed by atoms with Crippen LogP contribution in [-0.4, -0.2) is 52.2 Å². The predicted molar refractivity (Wildman–Crippen MR) is 129 cm³/mol. The van der Waals surface area contributed by atoms with E-state index in [2.05, 4.69) is 29.6 Å². The summed E-state index contributed by atoms with van der Waals surface area (Å²) in [6.07, 6.45) is 4.13. The minimum Gasteiger partial charge on any atom is -0.481 e. The van der Waals surface area contributed by atoms with E-state index in [1.54, 1.807) is 0 Å².